The van der Waals surface area contributed by atoms with Gasteiger partial charge in [-0.2, -0.15) is 10.1 Å². The predicted octanol–water partition coefficient (Wildman–Crippen LogP) is 2.12. The van der Waals surface area contributed by atoms with Crippen LogP contribution in [0.25, 0.3) is 0 Å². The third-order valence-electron chi connectivity index (χ3n) is 6.24. The first-order chi connectivity index (χ1) is 14.6. The van der Waals surface area contributed by atoms with E-state index in [1.165, 1.54) is 0 Å². The van der Waals surface area contributed by atoms with Gasteiger partial charge in [0, 0.05) is 52.4 Å². The average molecular weight is 418 g/mol. The number of hydrogen-bond donors (Lipinski definition) is 0. The fourth-order valence-electron chi connectivity index (χ4n) is 4.50. The van der Waals surface area contributed by atoms with Gasteiger partial charge in [0.05, 0.1) is 12.2 Å². The van der Waals surface area contributed by atoms with Gasteiger partial charge in [-0.15, -0.1) is 0 Å². The molecule has 30 heavy (non-hydrogen) atoms. The van der Waals surface area contributed by atoms with Gasteiger partial charge in [-0.05, 0) is 44.6 Å². The van der Waals surface area contributed by atoms with E-state index in [1.54, 1.807) is 17.9 Å². The lowest BCUT2D eigenvalue weighted by Crippen LogP contribution is -2.51. The molecule has 2 aromatic heterocycles. The van der Waals surface area contributed by atoms with E-state index in [-0.39, 0.29) is 11.5 Å². The van der Waals surface area contributed by atoms with Crippen LogP contribution in [0.2, 0.25) is 0 Å². The van der Waals surface area contributed by atoms with E-state index in [2.05, 4.69) is 15.2 Å². The standard InChI is InChI=1S/C21H31N5O4/c1-3-26-9-4-17(23-26)20(27)25-10-7-21(8-11-25)15-16(5-13-29-21)14-19-22-18(24-30-19)6-12-28-2/h4,9,16H,3,5-8,10-15H2,1-2H3. The lowest BCUT2D eigenvalue weighted by molar-refractivity contribution is -0.124. The Morgan fingerprint density at radius 2 is 2.20 bits per heavy atom. The number of nitrogens with zero attached hydrogens (tertiary/aromatic N) is 5. The number of aryl methyl sites for hydroxylation is 1. The van der Waals surface area contributed by atoms with Crippen LogP contribution in [0.5, 0.6) is 0 Å². The van der Waals surface area contributed by atoms with Crippen molar-refractivity contribution in [1.82, 2.24) is 24.8 Å². The predicted molar refractivity (Wildman–Crippen MR) is 108 cm³/mol. The highest BCUT2D eigenvalue weighted by Crippen LogP contribution is 2.38. The summed E-state index contributed by atoms with van der Waals surface area (Å²) in [5.41, 5.74) is 0.373. The SMILES string of the molecule is CCn1ccc(C(=O)N2CCC3(CC2)CC(Cc2nc(CCOC)no2)CCO3)n1. The van der Waals surface area contributed by atoms with E-state index in [0.29, 0.717) is 49.4 Å². The molecular weight excluding hydrogens is 386 g/mol. The number of amides is 1. The maximum Gasteiger partial charge on any atom is 0.274 e. The van der Waals surface area contributed by atoms with Gasteiger partial charge in [-0.1, -0.05) is 5.16 Å². The highest BCUT2D eigenvalue weighted by atomic mass is 16.5. The van der Waals surface area contributed by atoms with Crippen LogP contribution in [-0.2, 0) is 28.9 Å². The van der Waals surface area contributed by atoms with Crippen LogP contribution in [0.15, 0.2) is 16.8 Å². The van der Waals surface area contributed by atoms with Gasteiger partial charge in [-0.25, -0.2) is 0 Å². The largest absolute Gasteiger partial charge is 0.384 e. The van der Waals surface area contributed by atoms with E-state index < -0.39 is 0 Å². The van der Waals surface area contributed by atoms with Crippen LogP contribution >= 0.6 is 0 Å². The van der Waals surface area contributed by atoms with Gasteiger partial charge < -0.3 is 18.9 Å². The number of methoxy groups -OCH3 is 1. The van der Waals surface area contributed by atoms with Crippen LogP contribution in [-0.4, -0.2) is 69.7 Å². The lowest BCUT2D eigenvalue weighted by atomic mass is 9.78. The molecule has 2 aromatic rings. The molecule has 1 amide bonds. The van der Waals surface area contributed by atoms with Crippen molar-refractivity contribution in [2.24, 2.45) is 5.92 Å². The quantitative estimate of drug-likeness (QED) is 0.681. The zero-order valence-corrected chi connectivity index (χ0v) is 17.9. The van der Waals surface area contributed by atoms with Crippen molar-refractivity contribution in [2.75, 3.05) is 33.4 Å². The molecule has 2 saturated heterocycles. The second-order valence-corrected chi connectivity index (χ2v) is 8.29. The summed E-state index contributed by atoms with van der Waals surface area (Å²) in [4.78, 5) is 19.2. The molecule has 0 bridgehead atoms. The lowest BCUT2D eigenvalue weighted by Gasteiger charge is -2.46. The maximum absolute atomic E-state index is 12.8. The Hall–Kier alpha value is -2.26. The molecule has 1 spiro atoms. The van der Waals surface area contributed by atoms with Gasteiger partial charge >= 0.3 is 0 Å². The van der Waals surface area contributed by atoms with Crippen LogP contribution in [0.3, 0.4) is 0 Å². The van der Waals surface area contributed by atoms with Crippen LogP contribution in [0, 0.1) is 5.92 Å². The fraction of sp³-hybridized carbons (Fsp3) is 0.714. The summed E-state index contributed by atoms with van der Waals surface area (Å²) in [5, 5.41) is 8.39. The number of hydrogen-bond acceptors (Lipinski definition) is 7. The molecule has 1 unspecified atom stereocenters. The molecule has 0 saturated carbocycles. The second-order valence-electron chi connectivity index (χ2n) is 8.29. The fourth-order valence-corrected chi connectivity index (χ4v) is 4.50. The summed E-state index contributed by atoms with van der Waals surface area (Å²) >= 11 is 0. The monoisotopic (exact) mass is 417 g/mol. The van der Waals surface area contributed by atoms with Crippen LogP contribution in [0.1, 0.15) is 54.8 Å². The molecule has 1 atom stereocenters. The molecular formula is C21H31N5O4. The van der Waals surface area contributed by atoms with Crippen molar-refractivity contribution >= 4 is 5.91 Å². The van der Waals surface area contributed by atoms with Crippen molar-refractivity contribution in [3.05, 3.63) is 29.7 Å². The highest BCUT2D eigenvalue weighted by Gasteiger charge is 2.41. The van der Waals surface area contributed by atoms with E-state index in [4.69, 9.17) is 14.0 Å². The number of carbonyl (C=O) groups excluding carboxylic acids is 1. The van der Waals surface area contributed by atoms with Gasteiger partial charge in [0.1, 0.15) is 5.69 Å². The molecule has 2 fully saturated rings. The molecule has 2 aliphatic heterocycles. The number of carbonyl (C=O) groups is 1. The molecule has 0 N–H and O–H groups in total. The third kappa shape index (κ3) is 4.73. The Bertz CT molecular complexity index is 840. The normalized spacial score (nSPS) is 21.3. The van der Waals surface area contributed by atoms with E-state index in [9.17, 15) is 4.79 Å². The number of rotatable bonds is 7. The zero-order chi connectivity index (χ0) is 21.0. The molecule has 2 aliphatic rings. The minimum absolute atomic E-state index is 0.0128. The summed E-state index contributed by atoms with van der Waals surface area (Å²) in [6.07, 6.45) is 6.97. The third-order valence-corrected chi connectivity index (χ3v) is 6.24. The molecule has 0 aliphatic carbocycles. The summed E-state index contributed by atoms with van der Waals surface area (Å²) in [5.74, 6) is 1.86. The molecule has 9 nitrogen and oxygen atoms in total. The molecule has 164 valence electrons. The summed E-state index contributed by atoms with van der Waals surface area (Å²) < 4.78 is 18.5. The Balaban J connectivity index is 1.31. The van der Waals surface area contributed by atoms with Crippen LogP contribution < -0.4 is 0 Å². The minimum atomic E-state index is -0.151. The zero-order valence-electron chi connectivity index (χ0n) is 17.9. The molecule has 4 rings (SSSR count). The van der Waals surface area contributed by atoms with Gasteiger partial charge in [0.15, 0.2) is 5.82 Å². The maximum atomic E-state index is 12.8. The number of aromatic nitrogens is 4. The Kier molecular flexibility index (Phi) is 6.48. The minimum Gasteiger partial charge on any atom is -0.384 e. The van der Waals surface area contributed by atoms with Crippen molar-refractivity contribution in [3.8, 4) is 0 Å². The number of piperidine rings is 1. The average Bonchev–Trinajstić information content (AvgIpc) is 3.42. The Morgan fingerprint density at radius 1 is 1.37 bits per heavy atom. The topological polar surface area (TPSA) is 95.5 Å². The van der Waals surface area contributed by atoms with E-state index >= 15 is 0 Å². The smallest absolute Gasteiger partial charge is 0.274 e. The van der Waals surface area contributed by atoms with Crippen molar-refractivity contribution in [1.29, 1.82) is 0 Å². The highest BCUT2D eigenvalue weighted by molar-refractivity contribution is 5.92. The first-order valence-electron chi connectivity index (χ1n) is 10.9. The second kappa shape index (κ2) is 9.26. The first-order valence-corrected chi connectivity index (χ1v) is 10.9. The van der Waals surface area contributed by atoms with Crippen LogP contribution in [0.4, 0.5) is 0 Å². The molecule has 9 heteroatoms. The summed E-state index contributed by atoms with van der Waals surface area (Å²) in [7, 11) is 1.67. The molecule has 4 heterocycles. The first kappa shape index (κ1) is 21.0. The van der Waals surface area contributed by atoms with Gasteiger partial charge in [0.25, 0.3) is 5.91 Å². The van der Waals surface area contributed by atoms with E-state index in [0.717, 1.165) is 45.3 Å². The molecule has 0 aromatic carbocycles. The van der Waals surface area contributed by atoms with Gasteiger partial charge in [-0.3, -0.25) is 9.48 Å². The van der Waals surface area contributed by atoms with Gasteiger partial charge in [0.2, 0.25) is 5.89 Å². The summed E-state index contributed by atoms with van der Waals surface area (Å²) in [6, 6.07) is 1.80. The number of likely N-dealkylation sites (tertiary alicyclic amines) is 1. The molecule has 0 radical (unpaired) electrons. The Morgan fingerprint density at radius 3 is 2.93 bits per heavy atom. The van der Waals surface area contributed by atoms with E-state index in [1.807, 2.05) is 18.0 Å². The van der Waals surface area contributed by atoms with Crippen molar-refractivity contribution in [2.45, 2.75) is 57.6 Å². The number of ether oxygens (including phenoxy) is 2. The Labute approximate surface area is 176 Å². The van der Waals surface area contributed by atoms with Crippen molar-refractivity contribution in [3.63, 3.8) is 0 Å². The van der Waals surface area contributed by atoms with Crippen molar-refractivity contribution < 1.29 is 18.8 Å². The summed E-state index contributed by atoms with van der Waals surface area (Å²) in [6.45, 7) is 5.51.